The molecule has 1 aromatic heterocycles. The third-order valence-electron chi connectivity index (χ3n) is 4.68. The van der Waals surface area contributed by atoms with Gasteiger partial charge in [-0.3, -0.25) is 5.32 Å². The lowest BCUT2D eigenvalue weighted by molar-refractivity contribution is 0.0171. The maximum atomic E-state index is 12.0. The van der Waals surface area contributed by atoms with Gasteiger partial charge in [0.05, 0.1) is 11.0 Å². The molecule has 0 spiro atoms. The molecule has 3 rings (SSSR count). The maximum absolute atomic E-state index is 12.0. The van der Waals surface area contributed by atoms with E-state index in [1.807, 2.05) is 6.20 Å². The predicted octanol–water partition coefficient (Wildman–Crippen LogP) is 2.99. The standard InChI is InChI=1S/C16H26N4O2S/c1-20-9-4-5-12(20)7-8-17-15(21)19-16-18-11-14(23-16)13-6-2-3-10-22-13/h11-13H,2-10H2,1H3,(H2,17,18,19,21). The molecule has 0 aromatic carbocycles. The van der Waals surface area contributed by atoms with Crippen molar-refractivity contribution in [3.05, 3.63) is 11.1 Å². The molecule has 2 atom stereocenters. The molecule has 2 saturated heterocycles. The van der Waals surface area contributed by atoms with Crippen LogP contribution in [-0.2, 0) is 4.74 Å². The average Bonchev–Trinajstić information content (AvgIpc) is 3.18. The molecule has 2 N–H and O–H groups in total. The van der Waals surface area contributed by atoms with Gasteiger partial charge in [-0.2, -0.15) is 0 Å². The molecule has 3 heterocycles. The van der Waals surface area contributed by atoms with Gasteiger partial charge < -0.3 is 15.0 Å². The van der Waals surface area contributed by atoms with Crippen molar-refractivity contribution in [1.82, 2.24) is 15.2 Å². The Bertz CT molecular complexity index is 516. The van der Waals surface area contributed by atoms with E-state index in [-0.39, 0.29) is 12.1 Å². The van der Waals surface area contributed by atoms with Crippen LogP contribution in [0.2, 0.25) is 0 Å². The summed E-state index contributed by atoms with van der Waals surface area (Å²) in [7, 11) is 2.15. The highest BCUT2D eigenvalue weighted by molar-refractivity contribution is 7.15. The van der Waals surface area contributed by atoms with Crippen LogP contribution in [0, 0.1) is 0 Å². The van der Waals surface area contributed by atoms with Crippen molar-refractivity contribution in [2.24, 2.45) is 0 Å². The van der Waals surface area contributed by atoms with Crippen LogP contribution in [0.25, 0.3) is 0 Å². The van der Waals surface area contributed by atoms with Gasteiger partial charge in [-0.15, -0.1) is 0 Å². The van der Waals surface area contributed by atoms with Crippen molar-refractivity contribution in [3.63, 3.8) is 0 Å². The lowest BCUT2D eigenvalue weighted by Gasteiger charge is -2.20. The van der Waals surface area contributed by atoms with E-state index < -0.39 is 0 Å². The third-order valence-corrected chi connectivity index (χ3v) is 5.68. The number of urea groups is 1. The minimum Gasteiger partial charge on any atom is -0.373 e. The molecule has 0 radical (unpaired) electrons. The molecule has 0 bridgehead atoms. The van der Waals surface area contributed by atoms with Crippen LogP contribution in [0.15, 0.2) is 6.20 Å². The van der Waals surface area contributed by atoms with Crippen molar-refractivity contribution >= 4 is 22.5 Å². The van der Waals surface area contributed by atoms with Gasteiger partial charge in [0.15, 0.2) is 5.13 Å². The van der Waals surface area contributed by atoms with Gasteiger partial charge in [0, 0.05) is 25.4 Å². The zero-order valence-electron chi connectivity index (χ0n) is 13.7. The van der Waals surface area contributed by atoms with Crippen LogP contribution in [0.3, 0.4) is 0 Å². The molecule has 6 nitrogen and oxygen atoms in total. The molecular formula is C16H26N4O2S. The van der Waals surface area contributed by atoms with E-state index in [1.54, 1.807) is 0 Å². The van der Waals surface area contributed by atoms with E-state index in [1.165, 1.54) is 37.1 Å². The lowest BCUT2D eigenvalue weighted by Crippen LogP contribution is -2.34. The normalized spacial score (nSPS) is 25.4. The van der Waals surface area contributed by atoms with Crippen LogP contribution in [0.1, 0.15) is 49.5 Å². The van der Waals surface area contributed by atoms with Gasteiger partial charge in [-0.25, -0.2) is 9.78 Å². The number of nitrogens with zero attached hydrogens (tertiary/aromatic N) is 2. The van der Waals surface area contributed by atoms with Gasteiger partial charge >= 0.3 is 6.03 Å². The van der Waals surface area contributed by atoms with Gasteiger partial charge in [0.2, 0.25) is 0 Å². The first-order valence-electron chi connectivity index (χ1n) is 8.55. The van der Waals surface area contributed by atoms with Crippen molar-refractivity contribution < 1.29 is 9.53 Å². The summed E-state index contributed by atoms with van der Waals surface area (Å²) >= 11 is 1.51. The Morgan fingerprint density at radius 3 is 3.09 bits per heavy atom. The molecule has 23 heavy (non-hydrogen) atoms. The molecule has 128 valence electrons. The predicted molar refractivity (Wildman–Crippen MR) is 91.9 cm³/mol. The summed E-state index contributed by atoms with van der Waals surface area (Å²) < 4.78 is 5.75. The minimum absolute atomic E-state index is 0.151. The summed E-state index contributed by atoms with van der Waals surface area (Å²) in [6.45, 7) is 2.69. The van der Waals surface area contributed by atoms with E-state index in [0.717, 1.165) is 30.7 Å². The first-order valence-corrected chi connectivity index (χ1v) is 9.36. The van der Waals surface area contributed by atoms with Crippen molar-refractivity contribution in [1.29, 1.82) is 0 Å². The number of likely N-dealkylation sites (tertiary alicyclic amines) is 1. The Hall–Kier alpha value is -1.18. The zero-order chi connectivity index (χ0) is 16.1. The van der Waals surface area contributed by atoms with Crippen LogP contribution in [-0.4, -0.2) is 48.7 Å². The largest absolute Gasteiger partial charge is 0.373 e. The average molecular weight is 338 g/mol. The van der Waals surface area contributed by atoms with Gasteiger partial charge in [-0.05, 0) is 52.1 Å². The van der Waals surface area contributed by atoms with Gasteiger partial charge in [-0.1, -0.05) is 11.3 Å². The molecule has 7 heteroatoms. The van der Waals surface area contributed by atoms with Crippen molar-refractivity contribution in [2.45, 2.75) is 50.7 Å². The van der Waals surface area contributed by atoms with E-state index in [4.69, 9.17) is 4.74 Å². The number of amides is 2. The number of carbonyl (C=O) groups excluding carboxylic acids is 1. The Labute approximate surface area is 141 Å². The van der Waals surface area contributed by atoms with E-state index >= 15 is 0 Å². The molecule has 2 aliphatic heterocycles. The van der Waals surface area contributed by atoms with Crippen LogP contribution >= 0.6 is 11.3 Å². The van der Waals surface area contributed by atoms with Crippen LogP contribution in [0.4, 0.5) is 9.93 Å². The second kappa shape index (κ2) is 8.08. The number of thiazole rings is 1. The number of rotatable bonds is 5. The monoisotopic (exact) mass is 338 g/mol. The number of nitrogens with one attached hydrogen (secondary N) is 2. The Morgan fingerprint density at radius 1 is 1.43 bits per heavy atom. The zero-order valence-corrected chi connectivity index (χ0v) is 14.5. The van der Waals surface area contributed by atoms with Crippen molar-refractivity contribution in [3.8, 4) is 0 Å². The highest BCUT2D eigenvalue weighted by Crippen LogP contribution is 2.33. The van der Waals surface area contributed by atoms with Crippen LogP contribution < -0.4 is 10.6 Å². The smallest absolute Gasteiger partial charge is 0.321 e. The lowest BCUT2D eigenvalue weighted by atomic mass is 10.1. The minimum atomic E-state index is -0.170. The number of hydrogen-bond acceptors (Lipinski definition) is 5. The van der Waals surface area contributed by atoms with E-state index in [2.05, 4.69) is 27.6 Å². The molecule has 1 aromatic rings. The summed E-state index contributed by atoms with van der Waals surface area (Å²) in [5, 5.41) is 6.40. The SMILES string of the molecule is CN1CCCC1CCNC(=O)Nc1ncc(C2CCCCO2)s1. The molecule has 0 aliphatic carbocycles. The summed E-state index contributed by atoms with van der Waals surface area (Å²) in [6, 6.07) is 0.432. The third kappa shape index (κ3) is 4.65. The quantitative estimate of drug-likeness (QED) is 0.866. The number of aromatic nitrogens is 1. The molecule has 2 unspecified atom stereocenters. The summed E-state index contributed by atoms with van der Waals surface area (Å²) in [4.78, 5) is 19.7. The molecular weight excluding hydrogens is 312 g/mol. The highest BCUT2D eigenvalue weighted by atomic mass is 32.1. The topological polar surface area (TPSA) is 66.5 Å². The Balaban J connectivity index is 1.40. The second-order valence-corrected chi connectivity index (χ2v) is 7.43. The Kier molecular flexibility index (Phi) is 5.85. The summed E-state index contributed by atoms with van der Waals surface area (Å²) in [6.07, 6.45) is 8.85. The Morgan fingerprint density at radius 2 is 2.35 bits per heavy atom. The van der Waals surface area contributed by atoms with E-state index in [0.29, 0.717) is 17.7 Å². The fraction of sp³-hybridized carbons (Fsp3) is 0.750. The fourth-order valence-corrected chi connectivity index (χ4v) is 4.19. The fourth-order valence-electron chi connectivity index (χ4n) is 3.30. The summed E-state index contributed by atoms with van der Waals surface area (Å²) in [5.41, 5.74) is 0. The van der Waals surface area contributed by atoms with Crippen molar-refractivity contribution in [2.75, 3.05) is 32.1 Å². The number of anilines is 1. The number of carbonyl (C=O) groups is 1. The summed E-state index contributed by atoms with van der Waals surface area (Å²) in [5.74, 6) is 0. The highest BCUT2D eigenvalue weighted by Gasteiger charge is 2.21. The molecule has 2 fully saturated rings. The first kappa shape index (κ1) is 16.7. The van der Waals surface area contributed by atoms with E-state index in [9.17, 15) is 4.79 Å². The molecule has 0 saturated carbocycles. The number of hydrogen-bond donors (Lipinski definition) is 2. The van der Waals surface area contributed by atoms with Crippen LogP contribution in [0.5, 0.6) is 0 Å². The number of ether oxygens (including phenoxy) is 1. The molecule has 2 aliphatic rings. The second-order valence-electron chi connectivity index (χ2n) is 6.37. The maximum Gasteiger partial charge on any atom is 0.321 e. The van der Waals surface area contributed by atoms with Gasteiger partial charge in [0.25, 0.3) is 0 Å². The first-order chi connectivity index (χ1) is 11.2. The molecule has 2 amide bonds. The van der Waals surface area contributed by atoms with Gasteiger partial charge in [0.1, 0.15) is 0 Å².